The van der Waals surface area contributed by atoms with E-state index in [4.69, 9.17) is 15.2 Å². The molecule has 1 aromatic heterocycles. The molecule has 0 spiro atoms. The van der Waals surface area contributed by atoms with Crippen LogP contribution in [0.25, 0.3) is 10.9 Å². The van der Waals surface area contributed by atoms with E-state index in [0.717, 1.165) is 22.0 Å². The molecule has 1 unspecified atom stereocenters. The van der Waals surface area contributed by atoms with Gasteiger partial charge in [-0.2, -0.15) is 0 Å². The van der Waals surface area contributed by atoms with E-state index >= 15 is 0 Å². The van der Waals surface area contributed by atoms with Gasteiger partial charge in [0, 0.05) is 17.1 Å². The zero-order valence-electron chi connectivity index (χ0n) is 12.6. The summed E-state index contributed by atoms with van der Waals surface area (Å²) in [6, 6.07) is 15.4. The summed E-state index contributed by atoms with van der Waals surface area (Å²) < 4.78 is 10.8. The molecular weight excluding hydrogens is 276 g/mol. The van der Waals surface area contributed by atoms with Crippen molar-refractivity contribution in [1.29, 1.82) is 0 Å². The van der Waals surface area contributed by atoms with Gasteiger partial charge in [-0.3, -0.25) is 4.98 Å². The number of nitrogens with two attached hydrogens (primary N) is 1. The number of methoxy groups -OCH3 is 2. The summed E-state index contributed by atoms with van der Waals surface area (Å²) in [7, 11) is 3.23. The van der Waals surface area contributed by atoms with E-state index in [1.165, 1.54) is 0 Å². The maximum Gasteiger partial charge on any atom is 0.165 e. The van der Waals surface area contributed by atoms with Crippen LogP contribution in [0.2, 0.25) is 0 Å². The van der Waals surface area contributed by atoms with E-state index in [2.05, 4.69) is 11.1 Å². The lowest BCUT2D eigenvalue weighted by molar-refractivity contribution is 0.350. The van der Waals surface area contributed by atoms with Crippen molar-refractivity contribution in [1.82, 2.24) is 4.98 Å². The van der Waals surface area contributed by atoms with Gasteiger partial charge in [0.05, 0.1) is 25.8 Å². The minimum Gasteiger partial charge on any atom is -0.493 e. The lowest BCUT2D eigenvalue weighted by Gasteiger charge is -2.18. The molecule has 112 valence electrons. The molecule has 0 bridgehead atoms. The van der Waals surface area contributed by atoms with Crippen LogP contribution in [0.15, 0.2) is 54.7 Å². The second kappa shape index (κ2) is 6.03. The Hall–Kier alpha value is -2.59. The monoisotopic (exact) mass is 294 g/mol. The summed E-state index contributed by atoms with van der Waals surface area (Å²) in [6.07, 6.45) is 1.81. The number of para-hydroxylation sites is 2. The largest absolute Gasteiger partial charge is 0.493 e. The third-order valence-corrected chi connectivity index (χ3v) is 3.74. The van der Waals surface area contributed by atoms with Crippen molar-refractivity contribution in [2.24, 2.45) is 5.73 Å². The van der Waals surface area contributed by atoms with Gasteiger partial charge in [-0.25, -0.2) is 0 Å². The van der Waals surface area contributed by atoms with Gasteiger partial charge < -0.3 is 15.2 Å². The van der Waals surface area contributed by atoms with Crippen LogP contribution in [0.1, 0.15) is 17.2 Å². The standard InChI is InChI=1S/C18H18N2O2/c1-21-16-9-5-7-14(18(16)22-2)17(19)13-10-12-6-3-4-8-15(12)20-11-13/h3-11,17H,19H2,1-2H3. The predicted molar refractivity (Wildman–Crippen MR) is 87.3 cm³/mol. The van der Waals surface area contributed by atoms with E-state index < -0.39 is 0 Å². The average molecular weight is 294 g/mol. The highest BCUT2D eigenvalue weighted by molar-refractivity contribution is 5.79. The van der Waals surface area contributed by atoms with Crippen molar-refractivity contribution in [3.05, 3.63) is 65.9 Å². The smallest absolute Gasteiger partial charge is 0.165 e. The lowest BCUT2D eigenvalue weighted by atomic mass is 9.98. The van der Waals surface area contributed by atoms with Crippen molar-refractivity contribution in [3.8, 4) is 11.5 Å². The van der Waals surface area contributed by atoms with E-state index in [9.17, 15) is 0 Å². The van der Waals surface area contributed by atoms with Gasteiger partial charge in [0.15, 0.2) is 11.5 Å². The zero-order chi connectivity index (χ0) is 15.5. The van der Waals surface area contributed by atoms with E-state index in [-0.39, 0.29) is 6.04 Å². The Morgan fingerprint density at radius 3 is 2.59 bits per heavy atom. The average Bonchev–Trinajstić information content (AvgIpc) is 2.59. The third kappa shape index (κ3) is 2.49. The quantitative estimate of drug-likeness (QED) is 0.802. The molecule has 0 aliphatic rings. The van der Waals surface area contributed by atoms with Crippen LogP contribution in [0, 0.1) is 0 Å². The number of hydrogen-bond acceptors (Lipinski definition) is 4. The molecule has 2 aromatic carbocycles. The minimum absolute atomic E-state index is 0.331. The SMILES string of the molecule is COc1cccc(C(N)c2cnc3ccccc3c2)c1OC. The Labute approximate surface area is 129 Å². The van der Waals surface area contributed by atoms with Crippen LogP contribution >= 0.6 is 0 Å². The molecular formula is C18H18N2O2. The summed E-state index contributed by atoms with van der Waals surface area (Å²) in [5, 5.41) is 1.07. The second-order valence-electron chi connectivity index (χ2n) is 5.02. The molecule has 4 nitrogen and oxygen atoms in total. The van der Waals surface area contributed by atoms with Crippen LogP contribution in [0.5, 0.6) is 11.5 Å². The fourth-order valence-electron chi connectivity index (χ4n) is 2.59. The molecule has 0 aliphatic carbocycles. The molecule has 3 aromatic rings. The molecule has 0 saturated heterocycles. The van der Waals surface area contributed by atoms with Crippen LogP contribution in [0.3, 0.4) is 0 Å². The fourth-order valence-corrected chi connectivity index (χ4v) is 2.59. The molecule has 1 atom stereocenters. The first kappa shape index (κ1) is 14.4. The Bertz CT molecular complexity index is 802. The molecule has 0 fully saturated rings. The molecule has 0 saturated carbocycles. The lowest BCUT2D eigenvalue weighted by Crippen LogP contribution is -2.13. The molecule has 2 N–H and O–H groups in total. The van der Waals surface area contributed by atoms with Gasteiger partial charge in [-0.05, 0) is 23.8 Å². The van der Waals surface area contributed by atoms with Gasteiger partial charge in [-0.15, -0.1) is 0 Å². The van der Waals surface area contributed by atoms with Gasteiger partial charge in [0.25, 0.3) is 0 Å². The van der Waals surface area contributed by atoms with Gasteiger partial charge in [0.2, 0.25) is 0 Å². The summed E-state index contributed by atoms with van der Waals surface area (Å²) in [6.45, 7) is 0. The Kier molecular flexibility index (Phi) is 3.94. The fraction of sp³-hybridized carbons (Fsp3) is 0.167. The van der Waals surface area contributed by atoms with Gasteiger partial charge >= 0.3 is 0 Å². The highest BCUT2D eigenvalue weighted by Crippen LogP contribution is 2.36. The number of aromatic nitrogens is 1. The van der Waals surface area contributed by atoms with E-state index in [1.807, 2.05) is 48.7 Å². The summed E-state index contributed by atoms with van der Waals surface area (Å²) in [5.41, 5.74) is 9.20. The Morgan fingerprint density at radius 2 is 1.82 bits per heavy atom. The third-order valence-electron chi connectivity index (χ3n) is 3.74. The Balaban J connectivity index is 2.07. The Morgan fingerprint density at radius 1 is 1.00 bits per heavy atom. The van der Waals surface area contributed by atoms with Gasteiger partial charge in [0.1, 0.15) is 0 Å². The summed E-state index contributed by atoms with van der Waals surface area (Å²) >= 11 is 0. The number of pyridine rings is 1. The van der Waals surface area contributed by atoms with Crippen LogP contribution in [-0.4, -0.2) is 19.2 Å². The van der Waals surface area contributed by atoms with Crippen LogP contribution in [0.4, 0.5) is 0 Å². The molecule has 0 amide bonds. The number of rotatable bonds is 4. The normalized spacial score (nSPS) is 12.1. The van der Waals surface area contributed by atoms with Gasteiger partial charge in [-0.1, -0.05) is 30.3 Å². The highest BCUT2D eigenvalue weighted by Gasteiger charge is 2.18. The highest BCUT2D eigenvalue weighted by atomic mass is 16.5. The first-order chi connectivity index (χ1) is 10.7. The van der Waals surface area contributed by atoms with Crippen molar-refractivity contribution in [2.75, 3.05) is 14.2 Å². The summed E-state index contributed by atoms with van der Waals surface area (Å²) in [5.74, 6) is 1.33. The maximum atomic E-state index is 6.43. The molecule has 0 aliphatic heterocycles. The topological polar surface area (TPSA) is 57.4 Å². The maximum absolute atomic E-state index is 6.43. The molecule has 4 heteroatoms. The van der Waals surface area contributed by atoms with E-state index in [0.29, 0.717) is 11.5 Å². The van der Waals surface area contributed by atoms with Crippen molar-refractivity contribution >= 4 is 10.9 Å². The molecule has 3 rings (SSSR count). The number of hydrogen-bond donors (Lipinski definition) is 1. The van der Waals surface area contributed by atoms with Crippen LogP contribution in [-0.2, 0) is 0 Å². The zero-order valence-corrected chi connectivity index (χ0v) is 12.6. The first-order valence-corrected chi connectivity index (χ1v) is 7.05. The minimum atomic E-state index is -0.331. The number of fused-ring (bicyclic) bond motifs is 1. The van der Waals surface area contributed by atoms with Crippen molar-refractivity contribution < 1.29 is 9.47 Å². The predicted octanol–water partition coefficient (Wildman–Crippen LogP) is 3.30. The molecule has 22 heavy (non-hydrogen) atoms. The second-order valence-corrected chi connectivity index (χ2v) is 5.02. The van der Waals surface area contributed by atoms with Crippen LogP contribution < -0.4 is 15.2 Å². The first-order valence-electron chi connectivity index (χ1n) is 7.05. The van der Waals surface area contributed by atoms with E-state index in [1.54, 1.807) is 14.2 Å². The van der Waals surface area contributed by atoms with Crippen molar-refractivity contribution in [3.63, 3.8) is 0 Å². The number of nitrogens with zero attached hydrogens (tertiary/aromatic N) is 1. The number of benzene rings is 2. The van der Waals surface area contributed by atoms with Crippen molar-refractivity contribution in [2.45, 2.75) is 6.04 Å². The summed E-state index contributed by atoms with van der Waals surface area (Å²) in [4.78, 5) is 4.47. The molecule has 0 radical (unpaired) electrons. The number of ether oxygens (including phenoxy) is 2. The molecule has 1 heterocycles.